The predicted octanol–water partition coefficient (Wildman–Crippen LogP) is 2.96. The number of rotatable bonds is 7. The third-order valence-corrected chi connectivity index (χ3v) is 4.90. The van der Waals surface area contributed by atoms with Gasteiger partial charge in [0.1, 0.15) is 22.1 Å². The maximum atomic E-state index is 11.8. The van der Waals surface area contributed by atoms with E-state index in [9.17, 15) is 9.59 Å². The smallest absolute Gasteiger partial charge is 0.315 e. The highest BCUT2D eigenvalue weighted by atomic mass is 35.5. The summed E-state index contributed by atoms with van der Waals surface area (Å²) in [7, 11) is 0. The number of hydrogen-bond donors (Lipinski definition) is 1. The SMILES string of the molecule is C[C@]1(C(=O)OCC(=O)NCCOc2ccc(Cl)cc2)CC1(Cl)Cl. The summed E-state index contributed by atoms with van der Waals surface area (Å²) in [6, 6.07) is 6.88. The summed E-state index contributed by atoms with van der Waals surface area (Å²) in [6.45, 7) is 1.79. The molecule has 1 saturated carbocycles. The Morgan fingerprint density at radius 1 is 1.26 bits per heavy atom. The van der Waals surface area contributed by atoms with Gasteiger partial charge in [-0.05, 0) is 31.2 Å². The molecule has 1 aliphatic carbocycles. The molecule has 1 aromatic carbocycles. The first-order valence-electron chi connectivity index (χ1n) is 6.95. The zero-order valence-corrected chi connectivity index (χ0v) is 14.7. The van der Waals surface area contributed by atoms with E-state index in [1.807, 2.05) is 0 Å². The molecular formula is C15H16Cl3NO4. The number of nitrogens with one attached hydrogen (secondary N) is 1. The molecule has 23 heavy (non-hydrogen) atoms. The van der Waals surface area contributed by atoms with Crippen LogP contribution in [-0.4, -0.2) is 36.0 Å². The summed E-state index contributed by atoms with van der Waals surface area (Å²) in [5.41, 5.74) is -0.936. The minimum atomic E-state index is -1.10. The van der Waals surface area contributed by atoms with Gasteiger partial charge >= 0.3 is 5.97 Å². The van der Waals surface area contributed by atoms with Crippen LogP contribution in [0.15, 0.2) is 24.3 Å². The Morgan fingerprint density at radius 3 is 2.43 bits per heavy atom. The lowest BCUT2D eigenvalue weighted by Gasteiger charge is -2.12. The number of esters is 1. The number of amides is 1. The van der Waals surface area contributed by atoms with Gasteiger partial charge in [0.2, 0.25) is 0 Å². The summed E-state index contributed by atoms with van der Waals surface area (Å²) in [4.78, 5) is 23.4. The number of carbonyl (C=O) groups is 2. The van der Waals surface area contributed by atoms with Gasteiger partial charge in [0.05, 0.1) is 6.54 Å². The molecular weight excluding hydrogens is 365 g/mol. The van der Waals surface area contributed by atoms with Gasteiger partial charge in [-0.3, -0.25) is 9.59 Å². The molecule has 0 bridgehead atoms. The van der Waals surface area contributed by atoms with Gasteiger partial charge in [-0.15, -0.1) is 23.2 Å². The number of ether oxygens (including phenoxy) is 2. The zero-order valence-electron chi connectivity index (χ0n) is 12.4. The average molecular weight is 381 g/mol. The molecule has 0 spiro atoms. The summed E-state index contributed by atoms with van der Waals surface area (Å²) < 4.78 is 9.23. The van der Waals surface area contributed by atoms with E-state index < -0.39 is 21.6 Å². The van der Waals surface area contributed by atoms with Crippen molar-refractivity contribution < 1.29 is 19.1 Å². The average Bonchev–Trinajstić information content (AvgIpc) is 3.03. The summed E-state index contributed by atoms with van der Waals surface area (Å²) in [6.07, 6.45) is 0.318. The van der Waals surface area contributed by atoms with Gasteiger partial charge in [0, 0.05) is 11.4 Å². The van der Waals surface area contributed by atoms with E-state index in [0.717, 1.165) is 0 Å². The largest absolute Gasteiger partial charge is 0.492 e. The Labute approximate surface area is 149 Å². The van der Waals surface area contributed by atoms with Crippen LogP contribution >= 0.6 is 34.8 Å². The Hall–Kier alpha value is -1.17. The molecule has 0 aromatic heterocycles. The lowest BCUT2D eigenvalue weighted by atomic mass is 10.1. The minimum absolute atomic E-state index is 0.283. The van der Waals surface area contributed by atoms with E-state index in [4.69, 9.17) is 44.3 Å². The van der Waals surface area contributed by atoms with E-state index in [0.29, 0.717) is 17.2 Å². The van der Waals surface area contributed by atoms with E-state index in [1.54, 1.807) is 31.2 Å². The number of carbonyl (C=O) groups excluding carboxylic acids is 2. The van der Waals surface area contributed by atoms with E-state index in [2.05, 4.69) is 5.32 Å². The van der Waals surface area contributed by atoms with Crippen LogP contribution in [0.3, 0.4) is 0 Å². The topological polar surface area (TPSA) is 64.6 Å². The van der Waals surface area contributed by atoms with Crippen molar-refractivity contribution in [2.24, 2.45) is 5.41 Å². The molecule has 1 aliphatic rings. The molecule has 0 saturated heterocycles. The van der Waals surface area contributed by atoms with Crippen molar-refractivity contribution in [1.82, 2.24) is 5.32 Å². The minimum Gasteiger partial charge on any atom is -0.492 e. The highest BCUT2D eigenvalue weighted by Gasteiger charge is 2.69. The van der Waals surface area contributed by atoms with Crippen LogP contribution in [0.5, 0.6) is 5.75 Å². The molecule has 0 heterocycles. The molecule has 1 fully saturated rings. The van der Waals surface area contributed by atoms with Crippen molar-refractivity contribution in [3.63, 3.8) is 0 Å². The number of halogens is 3. The molecule has 126 valence electrons. The number of benzene rings is 1. The molecule has 0 unspecified atom stereocenters. The molecule has 8 heteroatoms. The maximum Gasteiger partial charge on any atom is 0.315 e. The van der Waals surface area contributed by atoms with Gasteiger partial charge in [0.25, 0.3) is 5.91 Å². The fourth-order valence-corrected chi connectivity index (χ4v) is 2.67. The van der Waals surface area contributed by atoms with Gasteiger partial charge in [-0.25, -0.2) is 0 Å². The molecule has 0 radical (unpaired) electrons. The molecule has 1 amide bonds. The molecule has 2 rings (SSSR count). The normalized spacial score (nSPS) is 21.4. The van der Waals surface area contributed by atoms with Crippen molar-refractivity contribution in [3.8, 4) is 5.75 Å². The third kappa shape index (κ3) is 4.66. The monoisotopic (exact) mass is 379 g/mol. The van der Waals surface area contributed by atoms with Crippen LogP contribution < -0.4 is 10.1 Å². The van der Waals surface area contributed by atoms with Crippen molar-refractivity contribution in [2.45, 2.75) is 17.7 Å². The van der Waals surface area contributed by atoms with Crippen LogP contribution in [0.1, 0.15) is 13.3 Å². The van der Waals surface area contributed by atoms with Gasteiger partial charge < -0.3 is 14.8 Å². The van der Waals surface area contributed by atoms with Crippen molar-refractivity contribution >= 4 is 46.7 Å². The first kappa shape index (κ1) is 18.2. The van der Waals surface area contributed by atoms with Crippen molar-refractivity contribution in [2.75, 3.05) is 19.8 Å². The summed E-state index contributed by atoms with van der Waals surface area (Å²) in [5.74, 6) is -0.343. The fourth-order valence-electron chi connectivity index (χ4n) is 1.85. The van der Waals surface area contributed by atoms with E-state index in [-0.39, 0.29) is 19.8 Å². The van der Waals surface area contributed by atoms with Crippen LogP contribution in [-0.2, 0) is 14.3 Å². The van der Waals surface area contributed by atoms with Crippen LogP contribution in [0, 0.1) is 5.41 Å². The number of hydrogen-bond acceptors (Lipinski definition) is 4. The standard InChI is InChI=1S/C15H16Cl3NO4/c1-14(9-15(14,17)18)13(21)23-8-12(20)19-6-7-22-11-4-2-10(16)3-5-11/h2-5H,6-9H2,1H3,(H,19,20)/t14-/m1/s1. The Bertz CT molecular complexity index is 591. The predicted molar refractivity (Wildman–Crippen MR) is 88.1 cm³/mol. The van der Waals surface area contributed by atoms with Crippen LogP contribution in [0.25, 0.3) is 0 Å². The van der Waals surface area contributed by atoms with Gasteiger partial charge in [-0.1, -0.05) is 11.6 Å². The molecule has 5 nitrogen and oxygen atoms in total. The first-order chi connectivity index (χ1) is 10.7. The summed E-state index contributed by atoms with van der Waals surface area (Å²) in [5, 5.41) is 3.20. The second-order valence-corrected chi connectivity index (χ2v) is 7.36. The van der Waals surface area contributed by atoms with Gasteiger partial charge in [-0.2, -0.15) is 0 Å². The molecule has 1 atom stereocenters. The number of alkyl halides is 2. The zero-order chi connectivity index (χ0) is 17.1. The first-order valence-corrected chi connectivity index (χ1v) is 8.08. The Balaban J connectivity index is 1.60. The lowest BCUT2D eigenvalue weighted by Crippen LogP contribution is -2.33. The van der Waals surface area contributed by atoms with Crippen LogP contribution in [0.4, 0.5) is 0 Å². The Morgan fingerprint density at radius 2 is 1.87 bits per heavy atom. The molecule has 1 aromatic rings. The highest BCUT2D eigenvalue weighted by Crippen LogP contribution is 2.64. The van der Waals surface area contributed by atoms with E-state index in [1.165, 1.54) is 0 Å². The maximum absolute atomic E-state index is 11.8. The quantitative estimate of drug-likeness (QED) is 0.449. The van der Waals surface area contributed by atoms with E-state index >= 15 is 0 Å². The van der Waals surface area contributed by atoms with Crippen molar-refractivity contribution in [3.05, 3.63) is 29.3 Å². The summed E-state index contributed by atoms with van der Waals surface area (Å²) >= 11 is 17.5. The second kappa shape index (κ2) is 7.16. The second-order valence-electron chi connectivity index (χ2n) is 5.44. The highest BCUT2D eigenvalue weighted by molar-refractivity contribution is 6.53. The fraction of sp³-hybridized carbons (Fsp3) is 0.467. The van der Waals surface area contributed by atoms with Gasteiger partial charge in [0.15, 0.2) is 6.61 Å². The Kier molecular flexibility index (Phi) is 5.65. The third-order valence-electron chi connectivity index (χ3n) is 3.55. The lowest BCUT2D eigenvalue weighted by molar-refractivity contribution is -0.153. The molecule has 0 aliphatic heterocycles. The van der Waals surface area contributed by atoms with Crippen molar-refractivity contribution in [1.29, 1.82) is 0 Å². The molecule has 1 N–H and O–H groups in total. The van der Waals surface area contributed by atoms with Crippen LogP contribution in [0.2, 0.25) is 5.02 Å².